The second-order valence-electron chi connectivity index (χ2n) is 5.16. The fourth-order valence-electron chi connectivity index (χ4n) is 2.62. The third-order valence-corrected chi connectivity index (χ3v) is 3.79. The minimum Gasteiger partial charge on any atom is -0.381 e. The van der Waals surface area contributed by atoms with Gasteiger partial charge in [0, 0.05) is 25.7 Å². The van der Waals surface area contributed by atoms with E-state index in [1.54, 1.807) is 0 Å². The average molecular weight is 253 g/mol. The van der Waals surface area contributed by atoms with Gasteiger partial charge in [-0.15, -0.1) is 0 Å². The summed E-state index contributed by atoms with van der Waals surface area (Å²) in [4.78, 5) is 4.41. The summed E-state index contributed by atoms with van der Waals surface area (Å²) in [5.41, 5.74) is -0.991. The monoisotopic (exact) mass is 253 g/mol. The van der Waals surface area contributed by atoms with E-state index in [-0.39, 0.29) is 0 Å². The molecule has 6 nitrogen and oxygen atoms in total. The second kappa shape index (κ2) is 4.95. The molecule has 0 amide bonds. The Morgan fingerprint density at radius 2 is 2.17 bits per heavy atom. The fourth-order valence-corrected chi connectivity index (χ4v) is 2.62. The van der Waals surface area contributed by atoms with Gasteiger partial charge >= 0.3 is 0 Å². The van der Waals surface area contributed by atoms with Crippen molar-refractivity contribution in [3.05, 3.63) is 11.7 Å². The molecule has 0 radical (unpaired) electrons. The van der Waals surface area contributed by atoms with Crippen molar-refractivity contribution in [2.24, 2.45) is 0 Å². The number of nitrogens with one attached hydrogen (secondary N) is 1. The number of rotatable bonds is 2. The van der Waals surface area contributed by atoms with Gasteiger partial charge in [-0.05, 0) is 32.2 Å². The first-order chi connectivity index (χ1) is 8.78. The topological polar surface area (TPSA) is 80.4 Å². The number of ether oxygens (including phenoxy) is 1. The molecule has 2 fully saturated rings. The highest BCUT2D eigenvalue weighted by atomic mass is 16.5. The van der Waals surface area contributed by atoms with Gasteiger partial charge in [0.05, 0.1) is 0 Å². The number of aromatic nitrogens is 2. The van der Waals surface area contributed by atoms with Crippen molar-refractivity contribution in [1.29, 1.82) is 0 Å². The standard InChI is InChI=1S/C12H19N3O3/c16-12(4-1-5-13-8-12)11-14-10(15-18-11)9-2-6-17-7-3-9/h9,13,16H,1-8H2. The highest BCUT2D eigenvalue weighted by Gasteiger charge is 2.37. The molecule has 2 aliphatic heterocycles. The SMILES string of the molecule is OC1(c2nc(C3CCOCC3)no2)CCCNC1. The first-order valence-electron chi connectivity index (χ1n) is 6.63. The molecule has 1 unspecified atom stereocenters. The van der Waals surface area contributed by atoms with E-state index >= 15 is 0 Å². The Morgan fingerprint density at radius 1 is 1.33 bits per heavy atom. The minimum atomic E-state index is -0.991. The first-order valence-corrected chi connectivity index (χ1v) is 6.63. The van der Waals surface area contributed by atoms with Gasteiger partial charge in [-0.3, -0.25) is 0 Å². The van der Waals surface area contributed by atoms with E-state index in [1.807, 2.05) is 0 Å². The van der Waals surface area contributed by atoms with Gasteiger partial charge in [-0.1, -0.05) is 5.16 Å². The molecular formula is C12H19N3O3. The predicted molar refractivity (Wildman–Crippen MR) is 63.1 cm³/mol. The number of hydrogen-bond acceptors (Lipinski definition) is 6. The highest BCUT2D eigenvalue weighted by Crippen LogP contribution is 2.30. The van der Waals surface area contributed by atoms with Crippen molar-refractivity contribution in [2.45, 2.75) is 37.2 Å². The lowest BCUT2D eigenvalue weighted by Gasteiger charge is -2.28. The van der Waals surface area contributed by atoms with E-state index in [9.17, 15) is 5.11 Å². The van der Waals surface area contributed by atoms with Crippen LogP contribution in [0, 0.1) is 0 Å². The molecule has 0 aromatic carbocycles. The summed E-state index contributed by atoms with van der Waals surface area (Å²) in [6, 6.07) is 0. The molecule has 100 valence electrons. The Hall–Kier alpha value is -0.980. The van der Waals surface area contributed by atoms with Crippen molar-refractivity contribution in [3.8, 4) is 0 Å². The zero-order valence-electron chi connectivity index (χ0n) is 10.4. The second-order valence-corrected chi connectivity index (χ2v) is 5.16. The Kier molecular flexibility index (Phi) is 3.32. The van der Waals surface area contributed by atoms with E-state index in [1.165, 1.54) is 0 Å². The van der Waals surface area contributed by atoms with Crippen molar-refractivity contribution in [2.75, 3.05) is 26.3 Å². The largest absolute Gasteiger partial charge is 0.381 e. The summed E-state index contributed by atoms with van der Waals surface area (Å²) in [6.07, 6.45) is 3.45. The Labute approximate surface area is 106 Å². The number of hydrogen-bond donors (Lipinski definition) is 2. The Bertz CT molecular complexity index is 395. The fraction of sp³-hybridized carbons (Fsp3) is 0.833. The average Bonchev–Trinajstić information content (AvgIpc) is 2.91. The molecule has 3 rings (SSSR count). The van der Waals surface area contributed by atoms with Crippen LogP contribution in [0.15, 0.2) is 4.52 Å². The molecule has 0 saturated carbocycles. The number of piperidine rings is 1. The van der Waals surface area contributed by atoms with Crippen LogP contribution in [0.4, 0.5) is 0 Å². The zero-order chi connectivity index (χ0) is 12.4. The summed E-state index contributed by atoms with van der Waals surface area (Å²) in [7, 11) is 0. The van der Waals surface area contributed by atoms with Crippen LogP contribution in [-0.4, -0.2) is 41.6 Å². The van der Waals surface area contributed by atoms with Gasteiger partial charge < -0.3 is 19.7 Å². The lowest BCUT2D eigenvalue weighted by atomic mass is 9.94. The van der Waals surface area contributed by atoms with Crippen LogP contribution in [0.1, 0.15) is 43.3 Å². The van der Waals surface area contributed by atoms with Gasteiger partial charge in [-0.2, -0.15) is 4.98 Å². The molecule has 0 spiro atoms. The maximum absolute atomic E-state index is 10.5. The highest BCUT2D eigenvalue weighted by molar-refractivity contribution is 5.05. The molecule has 18 heavy (non-hydrogen) atoms. The lowest BCUT2D eigenvalue weighted by molar-refractivity contribution is -0.0167. The van der Waals surface area contributed by atoms with Gasteiger partial charge in [0.2, 0.25) is 0 Å². The van der Waals surface area contributed by atoms with E-state index in [4.69, 9.17) is 9.26 Å². The van der Waals surface area contributed by atoms with Crippen molar-refractivity contribution >= 4 is 0 Å². The van der Waals surface area contributed by atoms with Crippen LogP contribution >= 0.6 is 0 Å². The van der Waals surface area contributed by atoms with Gasteiger partial charge in [0.25, 0.3) is 5.89 Å². The summed E-state index contributed by atoms with van der Waals surface area (Å²) in [6.45, 7) is 2.92. The predicted octanol–water partition coefficient (Wildman–Crippen LogP) is 0.535. The van der Waals surface area contributed by atoms with Crippen LogP contribution in [-0.2, 0) is 10.3 Å². The van der Waals surface area contributed by atoms with Crippen molar-refractivity contribution in [3.63, 3.8) is 0 Å². The molecule has 2 N–H and O–H groups in total. The molecule has 1 atom stereocenters. The molecule has 0 bridgehead atoms. The maximum atomic E-state index is 10.5. The van der Waals surface area contributed by atoms with E-state index in [0.29, 0.717) is 30.6 Å². The normalized spacial score (nSPS) is 30.5. The van der Waals surface area contributed by atoms with E-state index in [2.05, 4.69) is 15.5 Å². The van der Waals surface area contributed by atoms with Crippen LogP contribution < -0.4 is 5.32 Å². The van der Waals surface area contributed by atoms with Crippen LogP contribution in [0.25, 0.3) is 0 Å². The van der Waals surface area contributed by atoms with Crippen molar-refractivity contribution in [1.82, 2.24) is 15.5 Å². The molecule has 0 aliphatic carbocycles. The number of β-amino-alcohol motifs (C(OH)–C–C–N with tert-alkyl or cyclic N) is 1. The van der Waals surface area contributed by atoms with Crippen LogP contribution in [0.2, 0.25) is 0 Å². The third kappa shape index (κ3) is 2.28. The molecule has 3 heterocycles. The van der Waals surface area contributed by atoms with Gasteiger partial charge in [0.15, 0.2) is 11.4 Å². The van der Waals surface area contributed by atoms with E-state index in [0.717, 1.165) is 39.0 Å². The van der Waals surface area contributed by atoms with Crippen LogP contribution in [0.5, 0.6) is 0 Å². The quantitative estimate of drug-likeness (QED) is 0.800. The Balaban J connectivity index is 1.75. The summed E-state index contributed by atoms with van der Waals surface area (Å²) in [5, 5.41) is 17.7. The lowest BCUT2D eigenvalue weighted by Crippen LogP contribution is -2.43. The zero-order valence-corrected chi connectivity index (χ0v) is 10.4. The van der Waals surface area contributed by atoms with Crippen LogP contribution in [0.3, 0.4) is 0 Å². The maximum Gasteiger partial charge on any atom is 0.259 e. The molecule has 6 heteroatoms. The molecule has 1 aromatic rings. The third-order valence-electron chi connectivity index (χ3n) is 3.79. The van der Waals surface area contributed by atoms with E-state index < -0.39 is 5.60 Å². The summed E-state index contributed by atoms with van der Waals surface area (Å²) < 4.78 is 10.6. The smallest absolute Gasteiger partial charge is 0.259 e. The minimum absolute atomic E-state index is 0.302. The number of aliphatic hydroxyl groups is 1. The molecule has 2 aliphatic rings. The van der Waals surface area contributed by atoms with Gasteiger partial charge in [0.1, 0.15) is 0 Å². The molecule has 2 saturated heterocycles. The Morgan fingerprint density at radius 3 is 2.89 bits per heavy atom. The summed E-state index contributed by atoms with van der Waals surface area (Å²) in [5.74, 6) is 1.37. The van der Waals surface area contributed by atoms with Gasteiger partial charge in [-0.25, -0.2) is 0 Å². The molecular weight excluding hydrogens is 234 g/mol. The first kappa shape index (κ1) is 12.1. The summed E-state index contributed by atoms with van der Waals surface area (Å²) >= 11 is 0. The number of nitrogens with zero attached hydrogens (tertiary/aromatic N) is 2. The molecule has 1 aromatic heterocycles. The van der Waals surface area contributed by atoms with Crippen molar-refractivity contribution < 1.29 is 14.4 Å².